The Balaban J connectivity index is 0.000000348. The predicted octanol–water partition coefficient (Wildman–Crippen LogP) is 12.5. The number of imide groups is 2. The topological polar surface area (TPSA) is 248 Å². The second-order valence-electron chi connectivity index (χ2n) is 23.9. The van der Waals surface area contributed by atoms with Crippen LogP contribution in [0.2, 0.25) is 13.3 Å². The van der Waals surface area contributed by atoms with Crippen molar-refractivity contribution >= 4 is 102 Å². The van der Waals surface area contributed by atoms with Gasteiger partial charge in [0.2, 0.25) is 5.69 Å². The van der Waals surface area contributed by atoms with Crippen LogP contribution >= 0.6 is 0 Å². The molecule has 5 aromatic carbocycles. The minimum absolute atomic E-state index is 0. The molecule has 22 heteroatoms. The van der Waals surface area contributed by atoms with Gasteiger partial charge in [0.05, 0.1) is 32.8 Å². The molecule has 524 valence electrons. The van der Waals surface area contributed by atoms with Gasteiger partial charge in [-0.3, -0.25) is 9.59 Å². The number of azide groups is 1. The first kappa shape index (κ1) is 81.5. The summed E-state index contributed by atoms with van der Waals surface area (Å²) in [5.74, 6) is -2.94. The molecule has 0 atom stereocenters. The Morgan fingerprint density at radius 3 is 1.89 bits per heavy atom. The quantitative estimate of drug-likeness (QED) is 0.00613. The molecule has 20 nitrogen and oxygen atoms in total. The summed E-state index contributed by atoms with van der Waals surface area (Å²) in [6.07, 6.45) is 21.3. The fourth-order valence-electron chi connectivity index (χ4n) is 12.1. The number of amides is 5. The number of fused-ring (bicyclic) bond motifs is 6. The number of hydrogen-bond acceptors (Lipinski definition) is 14. The minimum Gasteiger partial charge on any atom is -1.00 e. The molecule has 5 aromatic rings. The van der Waals surface area contributed by atoms with E-state index < -0.39 is 60.0 Å². The number of hydrogen-bond donors (Lipinski definition) is 2. The van der Waals surface area contributed by atoms with E-state index in [1.165, 1.54) is 118 Å². The van der Waals surface area contributed by atoms with E-state index in [0.717, 1.165) is 25.8 Å². The molecule has 0 bridgehead atoms. The van der Waals surface area contributed by atoms with Crippen molar-refractivity contribution in [3.05, 3.63) is 160 Å². The third kappa shape index (κ3) is 23.4. The summed E-state index contributed by atoms with van der Waals surface area (Å²) in [7, 11) is 1.49. The van der Waals surface area contributed by atoms with E-state index >= 15 is 0 Å². The molecule has 0 spiro atoms. The molecule has 2 fully saturated rings. The zero-order valence-corrected chi connectivity index (χ0v) is 60.9. The van der Waals surface area contributed by atoms with E-state index in [0.29, 0.717) is 55.1 Å². The van der Waals surface area contributed by atoms with Gasteiger partial charge in [-0.15, -0.1) is 5.06 Å². The summed E-state index contributed by atoms with van der Waals surface area (Å²) in [5.41, 5.74) is 15.8. The van der Waals surface area contributed by atoms with Gasteiger partial charge in [-0.2, -0.15) is 4.58 Å². The summed E-state index contributed by atoms with van der Waals surface area (Å²) >= 11 is -2.66. The SMILES string of the molecule is C.CC.CC1(C)\C(=C/C=C/C=C/C2=[N+](CCCCCC(=O)ON3C(=O)CCC3=O)c3ccc4ccccc4c3C2)Nc2ccc3ccccc3c21.CCC[CH2][Sn]([CH2]CCC)([CH2]CCC)[c]1cccc(C(=O)ON2C(=O)CCC2=O)c1.CNC(=O)OCCOCCOCCN=[N+]=[N-].[Cl-]. The van der Waals surface area contributed by atoms with Crippen LogP contribution in [0.3, 0.4) is 0 Å². The van der Waals surface area contributed by atoms with Crippen molar-refractivity contribution in [2.45, 2.75) is 171 Å². The number of rotatable bonds is 31. The third-order valence-electron chi connectivity index (χ3n) is 17.1. The molecular weight excluding hydrogens is 1360 g/mol. The number of hydroxylamine groups is 4. The number of carbonyl (C=O) groups is 7. The Kier molecular flexibility index (Phi) is 35.9. The van der Waals surface area contributed by atoms with Crippen LogP contribution in [0.25, 0.3) is 32.0 Å². The average Bonchev–Trinajstić information content (AvgIpc) is 1.62. The van der Waals surface area contributed by atoms with Crippen LogP contribution in [0.4, 0.5) is 16.2 Å². The molecule has 0 radical (unpaired) electrons. The largest absolute Gasteiger partial charge is 1.00 e. The molecule has 2 N–H and O–H groups in total. The predicted molar refractivity (Wildman–Crippen MR) is 382 cm³/mol. The van der Waals surface area contributed by atoms with E-state index in [2.05, 4.69) is 174 Å². The summed E-state index contributed by atoms with van der Waals surface area (Å²) in [5, 5.41) is 15.6. The molecule has 97 heavy (non-hydrogen) atoms. The Bertz CT molecular complexity index is 3580. The van der Waals surface area contributed by atoms with Gasteiger partial charge in [-0.1, -0.05) is 113 Å². The van der Waals surface area contributed by atoms with Gasteiger partial charge in [-0.25, -0.2) is 9.59 Å². The number of nitrogens with one attached hydrogen (secondary N) is 2. The zero-order chi connectivity index (χ0) is 68.6. The van der Waals surface area contributed by atoms with Crippen LogP contribution in [0.5, 0.6) is 0 Å². The van der Waals surface area contributed by atoms with Crippen LogP contribution in [0.15, 0.2) is 138 Å². The number of ether oxygens (including phenoxy) is 3. The number of alkyl carbamates (subject to hydrolysis) is 1. The van der Waals surface area contributed by atoms with E-state index in [-0.39, 0.29) is 64.0 Å². The van der Waals surface area contributed by atoms with Crippen LogP contribution < -0.4 is 26.6 Å². The Morgan fingerprint density at radius 1 is 0.691 bits per heavy atom. The second kappa shape index (κ2) is 42.7. The number of carbonyl (C=O) groups excluding carboxylic acids is 7. The number of benzene rings is 5. The number of anilines is 1. The molecule has 4 aliphatic rings. The fraction of sp³-hybridized carbons (Fsp3) is 0.467. The number of halogens is 1. The first-order valence-electron chi connectivity index (χ1n) is 33.8. The standard InChI is InChI=1S/C41H39N3O4.C11H8NO4.C8H16N4O4.3C4H9.C2H6.CH4.ClH.Sn/c1-41(2)36(42-34-22-20-29-14-9-11-17-32(29)40(34)41)18-6-3-5-15-30-27-33-31-16-10-8-13-28(31)21-23-35(33)43(30)26-12-4-7-19-39(47)48-44-37(45)24-25-38(44)46;13-9-6-7-10(14)12(9)16-11(15)8-4-2-1-3-5-8;1-10-8(13)16-7-6-15-5-4-14-3-2-11-12-9;3*1-3-4-2;1-2;;;/h3,5-6,8-11,13-18,20-23H,4,7,12,19,24-27H2,1-2H3;1-2,4-5H,6-7H2;2-7H2,1H3,(H,10,13);3*1,3-4H2,2H3;1-2H3;1H4;1H;. The molecule has 0 unspecified atom stereocenters. The summed E-state index contributed by atoms with van der Waals surface area (Å²) < 4.78 is 22.6. The Morgan fingerprint density at radius 2 is 1.27 bits per heavy atom. The maximum Gasteiger partial charge on any atom is 0.406 e. The van der Waals surface area contributed by atoms with Gasteiger partial charge in [0, 0.05) is 78.7 Å². The maximum absolute atomic E-state index is 12.7. The number of nitrogens with zero attached hydrogens (tertiary/aromatic N) is 6. The minimum atomic E-state index is -2.66. The van der Waals surface area contributed by atoms with Crippen LogP contribution in [0, 0.1) is 0 Å². The van der Waals surface area contributed by atoms with Crippen molar-refractivity contribution in [3.8, 4) is 0 Å². The van der Waals surface area contributed by atoms with Gasteiger partial charge >= 0.3 is 191 Å². The summed E-state index contributed by atoms with van der Waals surface area (Å²) in [6, 6.07) is 33.8. The van der Waals surface area contributed by atoms with Crippen molar-refractivity contribution in [1.82, 2.24) is 15.4 Å². The number of unbranched alkanes of at least 4 members (excludes halogenated alkanes) is 5. The molecule has 0 saturated carbocycles. The van der Waals surface area contributed by atoms with E-state index in [9.17, 15) is 33.6 Å². The van der Waals surface area contributed by atoms with Gasteiger partial charge in [-0.05, 0) is 63.7 Å². The number of allylic oxidation sites excluding steroid dienone is 6. The molecule has 4 aliphatic heterocycles. The average molecular weight is 1460 g/mol. The van der Waals surface area contributed by atoms with Crippen molar-refractivity contribution in [1.29, 1.82) is 0 Å². The van der Waals surface area contributed by atoms with Crippen LogP contribution in [-0.4, -0.2) is 134 Å². The van der Waals surface area contributed by atoms with Gasteiger partial charge in [0.25, 0.3) is 11.8 Å². The first-order valence-corrected chi connectivity index (χ1v) is 41.3. The van der Waals surface area contributed by atoms with E-state index in [1.54, 1.807) is 6.07 Å². The zero-order valence-electron chi connectivity index (χ0n) is 57.3. The van der Waals surface area contributed by atoms with Crippen LogP contribution in [0.1, 0.15) is 167 Å². The first-order chi connectivity index (χ1) is 46.1. The van der Waals surface area contributed by atoms with Crippen LogP contribution in [-0.2, 0) is 59.7 Å². The van der Waals surface area contributed by atoms with Crippen molar-refractivity contribution in [3.63, 3.8) is 0 Å². The van der Waals surface area contributed by atoms with Gasteiger partial charge in [0.15, 0.2) is 5.71 Å². The Labute approximate surface area is 583 Å². The molecule has 0 aliphatic carbocycles. The van der Waals surface area contributed by atoms with E-state index in [4.69, 9.17) is 24.7 Å². The van der Waals surface area contributed by atoms with Crippen molar-refractivity contribution in [2.75, 3.05) is 58.5 Å². The van der Waals surface area contributed by atoms with Crippen molar-refractivity contribution in [2.24, 2.45) is 5.11 Å². The van der Waals surface area contributed by atoms with Gasteiger partial charge < -0.3 is 42.1 Å². The monoisotopic (exact) mass is 1460 g/mol. The maximum atomic E-state index is 12.7. The second-order valence-corrected chi connectivity index (χ2v) is 37.2. The molecule has 4 heterocycles. The molecule has 5 amide bonds. The molecule has 2 saturated heterocycles. The molecular formula is C75H101ClN8O12Sn. The fourth-order valence-corrected chi connectivity index (χ4v) is 28.1. The van der Waals surface area contributed by atoms with Crippen molar-refractivity contribution < 1.29 is 74.4 Å². The summed E-state index contributed by atoms with van der Waals surface area (Å²) in [4.78, 5) is 95.3. The smallest absolute Gasteiger partial charge is 0.406 e. The summed E-state index contributed by atoms with van der Waals surface area (Å²) in [6.45, 7) is 18.2. The van der Waals surface area contributed by atoms with E-state index in [1.807, 2.05) is 26.0 Å². The van der Waals surface area contributed by atoms with Gasteiger partial charge in [0.1, 0.15) is 13.2 Å². The Hall–Kier alpha value is -7.88. The molecule has 9 rings (SSSR count). The molecule has 0 aromatic heterocycles. The third-order valence-corrected chi connectivity index (χ3v) is 32.7. The normalized spacial score (nSPS) is 14.7.